The van der Waals surface area contributed by atoms with Gasteiger partial charge in [-0.25, -0.2) is 4.98 Å². The van der Waals surface area contributed by atoms with Crippen LogP contribution in [0.25, 0.3) is 0 Å². The fourth-order valence-corrected chi connectivity index (χ4v) is 1.74. The summed E-state index contributed by atoms with van der Waals surface area (Å²) >= 11 is 7.40. The van der Waals surface area contributed by atoms with Crippen molar-refractivity contribution in [2.75, 3.05) is 12.4 Å². The van der Waals surface area contributed by atoms with Gasteiger partial charge in [-0.15, -0.1) is 11.8 Å². The molecule has 4 heteroatoms. The summed E-state index contributed by atoms with van der Waals surface area (Å²) in [6.07, 6.45) is 2.12. The fraction of sp³-hybridized carbons (Fsp3) is 0.375. The number of aromatic nitrogens is 1. The van der Waals surface area contributed by atoms with Gasteiger partial charge in [0.1, 0.15) is 0 Å². The first kappa shape index (κ1) is 8.35. The largest absolute Gasteiger partial charge is 0.372 e. The fourth-order valence-electron chi connectivity index (χ4n) is 0.790. The van der Waals surface area contributed by atoms with Crippen LogP contribution in [0.3, 0.4) is 0 Å². The molecule has 2 heterocycles. The molecule has 1 aromatic heterocycles. The van der Waals surface area contributed by atoms with Gasteiger partial charge in [0, 0.05) is 11.9 Å². The molecular weight excluding hydrogens is 194 g/mol. The van der Waals surface area contributed by atoms with Crippen molar-refractivity contribution in [1.29, 1.82) is 0 Å². The van der Waals surface area contributed by atoms with Gasteiger partial charge < -0.3 is 4.74 Å². The second kappa shape index (κ2) is 3.64. The zero-order valence-electron chi connectivity index (χ0n) is 6.37. The number of hydrogen-bond donors (Lipinski definition) is 0. The zero-order chi connectivity index (χ0) is 8.39. The maximum atomic E-state index is 5.69. The molecule has 12 heavy (non-hydrogen) atoms. The van der Waals surface area contributed by atoms with E-state index in [2.05, 4.69) is 4.98 Å². The predicted octanol–water partition coefficient (Wildman–Crippen LogP) is 2.23. The van der Waals surface area contributed by atoms with E-state index in [9.17, 15) is 0 Å². The molecule has 1 fully saturated rings. The van der Waals surface area contributed by atoms with Crippen LogP contribution in [0.4, 0.5) is 0 Å². The van der Waals surface area contributed by atoms with Crippen LogP contribution in [0.5, 0.6) is 0 Å². The first-order valence-electron chi connectivity index (χ1n) is 3.70. The summed E-state index contributed by atoms with van der Waals surface area (Å²) < 4.78 is 5.08. The number of ether oxygens (including phenoxy) is 1. The minimum absolute atomic E-state index is 0.451. The molecule has 0 N–H and O–H groups in total. The number of halogens is 1. The van der Waals surface area contributed by atoms with Crippen molar-refractivity contribution in [2.24, 2.45) is 0 Å². The summed E-state index contributed by atoms with van der Waals surface area (Å²) in [6.45, 7) is 0.903. The summed E-state index contributed by atoms with van der Waals surface area (Å²) in [5.74, 6) is 0.995. The summed E-state index contributed by atoms with van der Waals surface area (Å²) in [5, 5.41) is 1.69. The molecule has 1 aliphatic heterocycles. The van der Waals surface area contributed by atoms with E-state index in [1.807, 2.05) is 12.1 Å². The van der Waals surface area contributed by atoms with Crippen LogP contribution in [-0.2, 0) is 4.74 Å². The number of hydrogen-bond acceptors (Lipinski definition) is 3. The van der Waals surface area contributed by atoms with Gasteiger partial charge in [0.2, 0.25) is 0 Å². The second-order valence-electron chi connectivity index (χ2n) is 2.58. The summed E-state index contributed by atoms with van der Waals surface area (Å²) in [7, 11) is 0. The second-order valence-corrected chi connectivity index (χ2v) is 4.06. The van der Waals surface area contributed by atoms with Crippen LogP contribution in [-0.4, -0.2) is 23.4 Å². The Hall–Kier alpha value is -0.250. The average molecular weight is 202 g/mol. The SMILES string of the molecule is Clc1ccc(SCC2CO2)nc1. The highest BCUT2D eigenvalue weighted by Crippen LogP contribution is 2.22. The van der Waals surface area contributed by atoms with Crippen LogP contribution in [0, 0.1) is 0 Å². The Kier molecular flexibility index (Phi) is 2.54. The van der Waals surface area contributed by atoms with Gasteiger partial charge in [-0.05, 0) is 12.1 Å². The Labute approximate surface area is 80.3 Å². The number of rotatable bonds is 3. The highest BCUT2D eigenvalue weighted by molar-refractivity contribution is 7.99. The number of epoxide rings is 1. The van der Waals surface area contributed by atoms with Gasteiger partial charge >= 0.3 is 0 Å². The Morgan fingerprint density at radius 1 is 1.67 bits per heavy atom. The quantitative estimate of drug-likeness (QED) is 0.554. The third-order valence-corrected chi connectivity index (χ3v) is 2.82. The molecule has 0 aliphatic carbocycles. The molecule has 1 saturated heterocycles. The average Bonchev–Trinajstić information content (AvgIpc) is 2.87. The van der Waals surface area contributed by atoms with Crippen LogP contribution < -0.4 is 0 Å². The van der Waals surface area contributed by atoms with Gasteiger partial charge in [-0.2, -0.15) is 0 Å². The molecule has 1 atom stereocenters. The lowest BCUT2D eigenvalue weighted by Gasteiger charge is -1.96. The summed E-state index contributed by atoms with van der Waals surface area (Å²) in [6, 6.07) is 3.78. The Balaban J connectivity index is 1.89. The van der Waals surface area contributed by atoms with Crippen molar-refractivity contribution in [3.05, 3.63) is 23.4 Å². The molecule has 0 amide bonds. The highest BCUT2D eigenvalue weighted by Gasteiger charge is 2.22. The molecule has 64 valence electrons. The minimum atomic E-state index is 0.451. The Morgan fingerprint density at radius 3 is 3.08 bits per heavy atom. The molecule has 2 rings (SSSR count). The Morgan fingerprint density at radius 2 is 2.50 bits per heavy atom. The molecule has 0 spiro atoms. The van der Waals surface area contributed by atoms with Gasteiger partial charge in [-0.1, -0.05) is 11.6 Å². The molecule has 1 aromatic rings. The van der Waals surface area contributed by atoms with Gasteiger partial charge in [0.15, 0.2) is 0 Å². The highest BCUT2D eigenvalue weighted by atomic mass is 35.5. The molecule has 2 nitrogen and oxygen atoms in total. The van der Waals surface area contributed by atoms with Crippen molar-refractivity contribution >= 4 is 23.4 Å². The molecular formula is C8H8ClNOS. The lowest BCUT2D eigenvalue weighted by Crippen LogP contribution is -1.89. The molecule has 0 bridgehead atoms. The summed E-state index contributed by atoms with van der Waals surface area (Å²) in [4.78, 5) is 4.15. The van der Waals surface area contributed by atoms with Crippen molar-refractivity contribution in [2.45, 2.75) is 11.1 Å². The topological polar surface area (TPSA) is 25.4 Å². The van der Waals surface area contributed by atoms with E-state index in [1.165, 1.54) is 0 Å². The van der Waals surface area contributed by atoms with Crippen LogP contribution in [0.2, 0.25) is 5.02 Å². The van der Waals surface area contributed by atoms with E-state index >= 15 is 0 Å². The predicted molar refractivity (Wildman–Crippen MR) is 49.7 cm³/mol. The van der Waals surface area contributed by atoms with Crippen LogP contribution >= 0.6 is 23.4 Å². The molecule has 1 aliphatic rings. The van der Waals surface area contributed by atoms with Crippen molar-refractivity contribution in [1.82, 2.24) is 4.98 Å². The molecule has 1 unspecified atom stereocenters. The van der Waals surface area contributed by atoms with Crippen molar-refractivity contribution in [3.8, 4) is 0 Å². The lowest BCUT2D eigenvalue weighted by molar-refractivity contribution is 0.426. The maximum absolute atomic E-state index is 5.69. The monoisotopic (exact) mass is 201 g/mol. The van der Waals surface area contributed by atoms with Crippen LogP contribution in [0.15, 0.2) is 23.4 Å². The van der Waals surface area contributed by atoms with E-state index in [0.717, 1.165) is 17.4 Å². The number of pyridine rings is 1. The molecule has 0 aromatic carbocycles. The maximum Gasteiger partial charge on any atom is 0.0961 e. The summed E-state index contributed by atoms with van der Waals surface area (Å²) in [5.41, 5.74) is 0. The number of nitrogens with zero attached hydrogens (tertiary/aromatic N) is 1. The first-order valence-corrected chi connectivity index (χ1v) is 5.07. The third-order valence-electron chi connectivity index (χ3n) is 1.52. The first-order chi connectivity index (χ1) is 5.84. The molecule has 0 radical (unpaired) electrons. The van der Waals surface area contributed by atoms with Crippen molar-refractivity contribution < 1.29 is 4.74 Å². The van der Waals surface area contributed by atoms with Gasteiger partial charge in [-0.3, -0.25) is 0 Å². The van der Waals surface area contributed by atoms with Crippen LogP contribution in [0.1, 0.15) is 0 Å². The standard InChI is InChI=1S/C8H8ClNOS/c9-6-1-2-8(10-3-6)12-5-7-4-11-7/h1-3,7H,4-5H2. The number of thioether (sulfide) groups is 1. The third kappa shape index (κ3) is 2.37. The van der Waals surface area contributed by atoms with E-state index in [1.54, 1.807) is 18.0 Å². The smallest absolute Gasteiger partial charge is 0.0961 e. The zero-order valence-corrected chi connectivity index (χ0v) is 7.94. The van der Waals surface area contributed by atoms with E-state index < -0.39 is 0 Å². The van der Waals surface area contributed by atoms with E-state index in [-0.39, 0.29) is 0 Å². The van der Waals surface area contributed by atoms with E-state index in [4.69, 9.17) is 16.3 Å². The minimum Gasteiger partial charge on any atom is -0.372 e. The van der Waals surface area contributed by atoms with Gasteiger partial charge in [0.05, 0.1) is 22.8 Å². The van der Waals surface area contributed by atoms with E-state index in [0.29, 0.717) is 11.1 Å². The lowest BCUT2D eigenvalue weighted by atomic mass is 10.5. The van der Waals surface area contributed by atoms with Crippen molar-refractivity contribution in [3.63, 3.8) is 0 Å². The Bertz CT molecular complexity index is 260. The molecule has 0 saturated carbocycles. The normalized spacial score (nSPS) is 20.9. The van der Waals surface area contributed by atoms with Gasteiger partial charge in [0.25, 0.3) is 0 Å².